The smallest absolute Gasteiger partial charge is 0.410 e. The fourth-order valence-corrected chi connectivity index (χ4v) is 1.90. The molecule has 1 aromatic rings. The maximum atomic E-state index is 11.3. The van der Waals surface area contributed by atoms with E-state index in [0.717, 1.165) is 11.3 Å². The third-order valence-electron chi connectivity index (χ3n) is 3.12. The van der Waals surface area contributed by atoms with Crippen molar-refractivity contribution in [1.29, 1.82) is 0 Å². The molecule has 1 aliphatic heterocycles. The van der Waals surface area contributed by atoms with Gasteiger partial charge in [0.05, 0.1) is 18.8 Å². The summed E-state index contributed by atoms with van der Waals surface area (Å²) in [4.78, 5) is 13.0. The zero-order valence-electron chi connectivity index (χ0n) is 12.0. The number of amides is 1. The van der Waals surface area contributed by atoms with Crippen LogP contribution in [-0.2, 0) is 11.3 Å². The van der Waals surface area contributed by atoms with Gasteiger partial charge in [-0.2, -0.15) is 0 Å². The molecule has 0 aliphatic carbocycles. The number of carbonyl (C=O) groups is 1. The summed E-state index contributed by atoms with van der Waals surface area (Å²) in [5.41, 5.74) is 0.328. The lowest BCUT2D eigenvalue weighted by Crippen LogP contribution is -2.23. The molecule has 5 nitrogen and oxygen atoms in total. The molecule has 0 bridgehead atoms. The van der Waals surface area contributed by atoms with Crippen LogP contribution in [0.25, 0.3) is 0 Å². The highest BCUT2D eigenvalue weighted by atomic mass is 16.6. The van der Waals surface area contributed by atoms with Crippen LogP contribution in [0.15, 0.2) is 24.3 Å². The predicted molar refractivity (Wildman–Crippen MR) is 74.6 cm³/mol. The largest absolute Gasteiger partial charge is 0.493 e. The summed E-state index contributed by atoms with van der Waals surface area (Å²) in [5, 5.41) is 9.59. The molecule has 0 atom stereocenters. The van der Waals surface area contributed by atoms with Crippen molar-refractivity contribution < 1.29 is 19.4 Å². The van der Waals surface area contributed by atoms with E-state index in [2.05, 4.69) is 0 Å². The van der Waals surface area contributed by atoms with Crippen LogP contribution in [0.1, 0.15) is 25.8 Å². The molecule has 110 valence electrons. The Balaban J connectivity index is 1.82. The summed E-state index contributed by atoms with van der Waals surface area (Å²) < 4.78 is 10.4. The third-order valence-corrected chi connectivity index (χ3v) is 3.12. The van der Waals surface area contributed by atoms with Gasteiger partial charge in [0.15, 0.2) is 0 Å². The van der Waals surface area contributed by atoms with Gasteiger partial charge < -0.3 is 19.5 Å². The molecule has 5 heteroatoms. The molecule has 0 unspecified atom stereocenters. The standard InChI is InChI=1S/C15H21NO4/c1-15(2,18)7-9-19-13-5-3-12(4-6-13)11-16-8-10-20-14(16)17/h3-6,18H,7-11H2,1-2H3. The average Bonchev–Trinajstić information content (AvgIpc) is 2.76. The van der Waals surface area contributed by atoms with Gasteiger partial charge in [0, 0.05) is 13.0 Å². The van der Waals surface area contributed by atoms with E-state index >= 15 is 0 Å². The molecule has 1 fully saturated rings. The molecule has 0 aromatic heterocycles. The molecule has 2 rings (SSSR count). The van der Waals surface area contributed by atoms with Crippen molar-refractivity contribution in [2.45, 2.75) is 32.4 Å². The highest BCUT2D eigenvalue weighted by Crippen LogP contribution is 2.16. The second-order valence-corrected chi connectivity index (χ2v) is 5.59. The highest BCUT2D eigenvalue weighted by molar-refractivity contribution is 5.69. The summed E-state index contributed by atoms with van der Waals surface area (Å²) >= 11 is 0. The molecule has 0 spiro atoms. The summed E-state index contributed by atoms with van der Waals surface area (Å²) in [7, 11) is 0. The zero-order valence-corrected chi connectivity index (χ0v) is 12.0. The first-order valence-electron chi connectivity index (χ1n) is 6.80. The molecule has 1 N–H and O–H groups in total. The Hall–Kier alpha value is -1.75. The second-order valence-electron chi connectivity index (χ2n) is 5.59. The molecule has 1 saturated heterocycles. The van der Waals surface area contributed by atoms with Crippen LogP contribution in [0.3, 0.4) is 0 Å². The van der Waals surface area contributed by atoms with Crippen molar-refractivity contribution in [2.24, 2.45) is 0 Å². The molecule has 0 radical (unpaired) electrons. The fourth-order valence-electron chi connectivity index (χ4n) is 1.90. The van der Waals surface area contributed by atoms with E-state index in [0.29, 0.717) is 32.7 Å². The van der Waals surface area contributed by atoms with Crippen LogP contribution in [-0.4, -0.2) is 41.5 Å². The van der Waals surface area contributed by atoms with Crippen LogP contribution in [0.4, 0.5) is 4.79 Å². The predicted octanol–water partition coefficient (Wildman–Crippen LogP) is 2.18. The number of aliphatic hydroxyl groups is 1. The third kappa shape index (κ3) is 4.42. The van der Waals surface area contributed by atoms with Crippen molar-refractivity contribution >= 4 is 6.09 Å². The van der Waals surface area contributed by atoms with Crippen molar-refractivity contribution in [3.05, 3.63) is 29.8 Å². The number of hydrogen-bond donors (Lipinski definition) is 1. The van der Waals surface area contributed by atoms with E-state index in [1.165, 1.54) is 0 Å². The minimum Gasteiger partial charge on any atom is -0.493 e. The van der Waals surface area contributed by atoms with Crippen LogP contribution in [0.5, 0.6) is 5.75 Å². The molecular weight excluding hydrogens is 258 g/mol. The molecule has 0 saturated carbocycles. The highest BCUT2D eigenvalue weighted by Gasteiger charge is 2.21. The first-order valence-corrected chi connectivity index (χ1v) is 6.80. The van der Waals surface area contributed by atoms with Crippen LogP contribution >= 0.6 is 0 Å². The Morgan fingerprint density at radius 1 is 1.35 bits per heavy atom. The SMILES string of the molecule is CC(C)(O)CCOc1ccc(CN2CCOC2=O)cc1. The molecule has 1 amide bonds. The Kier molecular flexibility index (Phi) is 4.49. The minimum absolute atomic E-state index is 0.254. The van der Waals surface area contributed by atoms with E-state index in [-0.39, 0.29) is 6.09 Å². The molecular formula is C15H21NO4. The van der Waals surface area contributed by atoms with Gasteiger partial charge >= 0.3 is 6.09 Å². The maximum absolute atomic E-state index is 11.3. The minimum atomic E-state index is -0.712. The zero-order chi connectivity index (χ0) is 14.6. The van der Waals surface area contributed by atoms with Gasteiger partial charge in [-0.05, 0) is 31.5 Å². The van der Waals surface area contributed by atoms with Gasteiger partial charge in [-0.15, -0.1) is 0 Å². The Morgan fingerprint density at radius 3 is 2.60 bits per heavy atom. The van der Waals surface area contributed by atoms with Crippen LogP contribution in [0.2, 0.25) is 0 Å². The quantitative estimate of drug-likeness (QED) is 0.867. The van der Waals surface area contributed by atoms with Crippen LogP contribution in [0, 0.1) is 0 Å². The summed E-state index contributed by atoms with van der Waals surface area (Å²) in [6.45, 7) is 5.66. The van der Waals surface area contributed by atoms with Gasteiger partial charge in [0.25, 0.3) is 0 Å². The van der Waals surface area contributed by atoms with Crippen molar-refractivity contribution in [3.8, 4) is 5.75 Å². The summed E-state index contributed by atoms with van der Waals surface area (Å²) in [6, 6.07) is 7.62. The summed E-state index contributed by atoms with van der Waals surface area (Å²) in [5.74, 6) is 0.766. The Bertz CT molecular complexity index is 450. The lowest BCUT2D eigenvalue weighted by molar-refractivity contribution is 0.0553. The van der Waals surface area contributed by atoms with Gasteiger partial charge in [-0.3, -0.25) is 0 Å². The monoisotopic (exact) mass is 279 g/mol. The lowest BCUT2D eigenvalue weighted by atomic mass is 10.1. The first kappa shape index (κ1) is 14.7. The van der Waals surface area contributed by atoms with E-state index in [4.69, 9.17) is 9.47 Å². The van der Waals surface area contributed by atoms with E-state index in [1.54, 1.807) is 18.7 Å². The fraction of sp³-hybridized carbons (Fsp3) is 0.533. The number of benzene rings is 1. The van der Waals surface area contributed by atoms with Gasteiger partial charge in [0.2, 0.25) is 0 Å². The Morgan fingerprint density at radius 2 is 2.05 bits per heavy atom. The van der Waals surface area contributed by atoms with E-state index in [1.807, 2.05) is 24.3 Å². The Labute approximate surface area is 119 Å². The van der Waals surface area contributed by atoms with Gasteiger partial charge in [-0.25, -0.2) is 4.79 Å². The number of ether oxygens (including phenoxy) is 2. The van der Waals surface area contributed by atoms with Crippen molar-refractivity contribution in [1.82, 2.24) is 4.90 Å². The van der Waals surface area contributed by atoms with Crippen LogP contribution < -0.4 is 4.74 Å². The number of hydrogen-bond acceptors (Lipinski definition) is 4. The first-order chi connectivity index (χ1) is 9.44. The van der Waals surface area contributed by atoms with E-state index < -0.39 is 5.60 Å². The number of nitrogens with zero attached hydrogens (tertiary/aromatic N) is 1. The van der Waals surface area contributed by atoms with Gasteiger partial charge in [0.1, 0.15) is 12.4 Å². The maximum Gasteiger partial charge on any atom is 0.410 e. The number of cyclic esters (lactones) is 1. The van der Waals surface area contributed by atoms with Crippen molar-refractivity contribution in [3.63, 3.8) is 0 Å². The van der Waals surface area contributed by atoms with Gasteiger partial charge in [-0.1, -0.05) is 12.1 Å². The molecule has 1 aromatic carbocycles. The average molecular weight is 279 g/mol. The lowest BCUT2D eigenvalue weighted by Gasteiger charge is -2.17. The number of rotatable bonds is 6. The summed E-state index contributed by atoms with van der Waals surface area (Å²) in [6.07, 6.45) is 0.324. The van der Waals surface area contributed by atoms with E-state index in [9.17, 15) is 9.90 Å². The molecule has 1 aliphatic rings. The molecule has 1 heterocycles. The number of carbonyl (C=O) groups excluding carboxylic acids is 1. The van der Waals surface area contributed by atoms with Crippen molar-refractivity contribution in [2.75, 3.05) is 19.8 Å². The normalized spacial score (nSPS) is 15.3. The molecule has 20 heavy (non-hydrogen) atoms. The second kappa shape index (κ2) is 6.13. The topological polar surface area (TPSA) is 59.0 Å².